The minimum absolute atomic E-state index is 0.120. The number of benzene rings is 1. The van der Waals surface area contributed by atoms with Crippen LogP contribution >= 0.6 is 11.3 Å². The maximum Gasteiger partial charge on any atom is 0.323 e. The van der Waals surface area contributed by atoms with Gasteiger partial charge in [-0.3, -0.25) is 10.3 Å². The molecule has 3 aromatic rings. The van der Waals surface area contributed by atoms with Crippen molar-refractivity contribution in [3.8, 4) is 21.7 Å². The van der Waals surface area contributed by atoms with Crippen molar-refractivity contribution in [3.05, 3.63) is 47.8 Å². The number of hydrogen-bond donors (Lipinski definition) is 3. The molecule has 1 fully saturated rings. The first-order valence-corrected chi connectivity index (χ1v) is 10.8. The van der Waals surface area contributed by atoms with Crippen LogP contribution in [0.25, 0.3) is 21.7 Å². The van der Waals surface area contributed by atoms with Crippen LogP contribution in [0.2, 0.25) is 0 Å². The summed E-state index contributed by atoms with van der Waals surface area (Å²) in [5.41, 5.74) is 11.3. The molecule has 156 valence electrons. The van der Waals surface area contributed by atoms with E-state index in [2.05, 4.69) is 22.5 Å². The standard InChI is InChI=1S/C22H26N6OS/c1-13-9-17(10-14(2)25-13)20-19(16-5-4-6-18(23)11-16)26-21(30-20)27-22(29)28-8-7-24-15(3)12-28/h4-6,9-11,15,24H,7-8,12,23H2,1-3H3,(H,26,27,29)/t15-/m1/s1. The third kappa shape index (κ3) is 4.44. The van der Waals surface area contributed by atoms with Gasteiger partial charge in [-0.1, -0.05) is 23.5 Å². The van der Waals surface area contributed by atoms with Gasteiger partial charge in [0.15, 0.2) is 5.13 Å². The maximum absolute atomic E-state index is 12.8. The zero-order valence-corrected chi connectivity index (χ0v) is 18.2. The number of hydrogen-bond acceptors (Lipinski definition) is 6. The molecule has 4 rings (SSSR count). The van der Waals surface area contributed by atoms with Gasteiger partial charge < -0.3 is 16.0 Å². The molecule has 1 saturated heterocycles. The Morgan fingerprint density at radius 2 is 1.97 bits per heavy atom. The Hall–Kier alpha value is -2.97. The van der Waals surface area contributed by atoms with E-state index in [1.807, 2.05) is 55.1 Å². The molecule has 0 bridgehead atoms. The Balaban J connectivity index is 1.71. The number of amides is 2. The summed E-state index contributed by atoms with van der Waals surface area (Å²) in [4.78, 5) is 24.9. The van der Waals surface area contributed by atoms with Crippen LogP contribution in [-0.2, 0) is 0 Å². The van der Waals surface area contributed by atoms with Crippen molar-refractivity contribution in [2.24, 2.45) is 0 Å². The van der Waals surface area contributed by atoms with Gasteiger partial charge in [-0.2, -0.15) is 0 Å². The van der Waals surface area contributed by atoms with E-state index >= 15 is 0 Å². The van der Waals surface area contributed by atoms with Gasteiger partial charge in [0.05, 0.1) is 10.6 Å². The van der Waals surface area contributed by atoms with E-state index in [0.717, 1.165) is 39.6 Å². The number of carbonyl (C=O) groups excluding carboxylic acids is 1. The molecule has 1 atom stereocenters. The average molecular weight is 423 g/mol. The minimum atomic E-state index is -0.120. The highest BCUT2D eigenvalue weighted by Crippen LogP contribution is 2.40. The monoisotopic (exact) mass is 422 g/mol. The number of pyridine rings is 1. The van der Waals surface area contributed by atoms with Gasteiger partial charge >= 0.3 is 6.03 Å². The van der Waals surface area contributed by atoms with Crippen LogP contribution in [0, 0.1) is 13.8 Å². The molecule has 2 amide bonds. The maximum atomic E-state index is 12.8. The molecule has 0 saturated carbocycles. The van der Waals surface area contributed by atoms with Gasteiger partial charge in [0.2, 0.25) is 0 Å². The molecule has 0 spiro atoms. The summed E-state index contributed by atoms with van der Waals surface area (Å²) in [7, 11) is 0. The molecule has 0 aliphatic carbocycles. The first kappa shape index (κ1) is 20.3. The predicted molar refractivity (Wildman–Crippen MR) is 123 cm³/mol. The SMILES string of the molecule is Cc1cc(-c2sc(NC(=O)N3CCN[C@H](C)C3)nc2-c2cccc(N)c2)cc(C)n1. The summed E-state index contributed by atoms with van der Waals surface area (Å²) < 4.78 is 0. The number of nitrogens with zero attached hydrogens (tertiary/aromatic N) is 3. The number of nitrogens with two attached hydrogens (primary N) is 1. The zero-order chi connectivity index (χ0) is 21.3. The van der Waals surface area contributed by atoms with Crippen LogP contribution in [0.5, 0.6) is 0 Å². The van der Waals surface area contributed by atoms with Gasteiger partial charge in [0, 0.05) is 48.3 Å². The summed E-state index contributed by atoms with van der Waals surface area (Å²) in [6.45, 7) is 8.18. The molecule has 8 heteroatoms. The second kappa shape index (κ2) is 8.41. The lowest BCUT2D eigenvalue weighted by atomic mass is 10.1. The molecule has 1 aliphatic rings. The van der Waals surface area contributed by atoms with Crippen molar-refractivity contribution < 1.29 is 4.79 Å². The molecule has 30 heavy (non-hydrogen) atoms. The van der Waals surface area contributed by atoms with Crippen molar-refractivity contribution in [2.75, 3.05) is 30.7 Å². The van der Waals surface area contributed by atoms with Gasteiger partial charge in [0.1, 0.15) is 0 Å². The summed E-state index contributed by atoms with van der Waals surface area (Å²) in [5.74, 6) is 0. The Morgan fingerprint density at radius 3 is 2.67 bits per heavy atom. The first-order valence-electron chi connectivity index (χ1n) is 10.0. The second-order valence-corrected chi connectivity index (χ2v) is 8.69. The largest absolute Gasteiger partial charge is 0.399 e. The molecule has 0 radical (unpaired) electrons. The van der Waals surface area contributed by atoms with Crippen LogP contribution in [0.1, 0.15) is 18.3 Å². The highest BCUT2D eigenvalue weighted by Gasteiger charge is 2.23. The topological polar surface area (TPSA) is 96.2 Å². The summed E-state index contributed by atoms with van der Waals surface area (Å²) in [6.07, 6.45) is 0. The molecule has 1 aromatic carbocycles. The van der Waals surface area contributed by atoms with E-state index in [4.69, 9.17) is 10.7 Å². The minimum Gasteiger partial charge on any atom is -0.399 e. The quantitative estimate of drug-likeness (QED) is 0.557. The van der Waals surface area contributed by atoms with E-state index in [0.29, 0.717) is 23.9 Å². The Labute approximate surface area is 180 Å². The van der Waals surface area contributed by atoms with Crippen LogP contribution in [0.4, 0.5) is 15.6 Å². The lowest BCUT2D eigenvalue weighted by Crippen LogP contribution is -2.52. The number of rotatable bonds is 3. The number of carbonyl (C=O) groups is 1. The first-order chi connectivity index (χ1) is 14.4. The molecule has 4 N–H and O–H groups in total. The normalized spacial score (nSPS) is 16.5. The van der Waals surface area contributed by atoms with Crippen molar-refractivity contribution in [3.63, 3.8) is 0 Å². The Morgan fingerprint density at radius 1 is 1.20 bits per heavy atom. The van der Waals surface area contributed by atoms with E-state index in [-0.39, 0.29) is 12.1 Å². The van der Waals surface area contributed by atoms with Crippen molar-refractivity contribution >= 4 is 28.2 Å². The highest BCUT2D eigenvalue weighted by atomic mass is 32.1. The van der Waals surface area contributed by atoms with Crippen LogP contribution in [0.3, 0.4) is 0 Å². The molecular weight excluding hydrogens is 396 g/mol. The fraction of sp³-hybridized carbons (Fsp3) is 0.318. The third-order valence-electron chi connectivity index (χ3n) is 5.00. The number of nitrogens with one attached hydrogen (secondary N) is 2. The van der Waals surface area contributed by atoms with Gasteiger partial charge in [-0.05, 0) is 50.6 Å². The Bertz CT molecular complexity index is 1060. The lowest BCUT2D eigenvalue weighted by molar-refractivity contribution is 0.192. The molecular formula is C22H26N6OS. The number of urea groups is 1. The van der Waals surface area contributed by atoms with Crippen LogP contribution < -0.4 is 16.4 Å². The average Bonchev–Trinajstić information content (AvgIpc) is 3.11. The summed E-state index contributed by atoms with van der Waals surface area (Å²) in [6, 6.07) is 11.9. The van der Waals surface area contributed by atoms with E-state index in [1.165, 1.54) is 11.3 Å². The lowest BCUT2D eigenvalue weighted by Gasteiger charge is -2.31. The third-order valence-corrected chi connectivity index (χ3v) is 6.02. The van der Waals surface area contributed by atoms with Crippen LogP contribution in [-0.4, -0.2) is 46.6 Å². The van der Waals surface area contributed by atoms with Crippen LogP contribution in [0.15, 0.2) is 36.4 Å². The van der Waals surface area contributed by atoms with E-state index < -0.39 is 0 Å². The van der Waals surface area contributed by atoms with E-state index in [1.54, 1.807) is 0 Å². The number of aryl methyl sites for hydroxylation is 2. The van der Waals surface area contributed by atoms with Crippen molar-refractivity contribution in [2.45, 2.75) is 26.8 Å². The molecule has 7 nitrogen and oxygen atoms in total. The smallest absolute Gasteiger partial charge is 0.323 e. The summed E-state index contributed by atoms with van der Waals surface area (Å²) in [5, 5.41) is 6.92. The number of thiazole rings is 1. The van der Waals surface area contributed by atoms with Gasteiger partial charge in [0.25, 0.3) is 0 Å². The van der Waals surface area contributed by atoms with Gasteiger partial charge in [-0.15, -0.1) is 0 Å². The predicted octanol–water partition coefficient (Wildman–Crippen LogP) is 3.90. The highest BCUT2D eigenvalue weighted by molar-refractivity contribution is 7.19. The second-order valence-electron chi connectivity index (χ2n) is 7.69. The zero-order valence-electron chi connectivity index (χ0n) is 17.4. The van der Waals surface area contributed by atoms with E-state index in [9.17, 15) is 4.79 Å². The number of anilines is 2. The molecule has 0 unspecified atom stereocenters. The molecule has 1 aliphatic heterocycles. The van der Waals surface area contributed by atoms with Gasteiger partial charge in [-0.25, -0.2) is 9.78 Å². The fourth-order valence-corrected chi connectivity index (χ4v) is 4.67. The Kier molecular flexibility index (Phi) is 5.69. The number of aromatic nitrogens is 2. The van der Waals surface area contributed by atoms with Crippen molar-refractivity contribution in [1.29, 1.82) is 0 Å². The molecule has 2 aromatic heterocycles. The summed E-state index contributed by atoms with van der Waals surface area (Å²) >= 11 is 1.47. The van der Waals surface area contributed by atoms with Crippen molar-refractivity contribution in [1.82, 2.24) is 20.2 Å². The number of piperazine rings is 1. The molecule has 3 heterocycles. The fourth-order valence-electron chi connectivity index (χ4n) is 3.70. The number of nitrogen functional groups attached to an aromatic ring is 1.